The van der Waals surface area contributed by atoms with Gasteiger partial charge in [-0.05, 0) is 12.5 Å². The van der Waals surface area contributed by atoms with E-state index in [0.29, 0.717) is 17.7 Å². The zero-order valence-corrected chi connectivity index (χ0v) is 10.8. The van der Waals surface area contributed by atoms with Gasteiger partial charge in [-0.2, -0.15) is 0 Å². The monoisotopic (exact) mass is 285 g/mol. The van der Waals surface area contributed by atoms with Gasteiger partial charge in [0.05, 0.1) is 7.11 Å². The SMILES string of the molecule is CC[C@@H](N)c1ccc(OC(F)(F)F)cc1OC.Cl. The molecule has 3 nitrogen and oxygen atoms in total. The van der Waals surface area contributed by atoms with Crippen molar-refractivity contribution >= 4 is 12.4 Å². The number of rotatable bonds is 4. The topological polar surface area (TPSA) is 44.5 Å². The van der Waals surface area contributed by atoms with Crippen LogP contribution in [0.5, 0.6) is 11.5 Å². The van der Waals surface area contributed by atoms with Crippen molar-refractivity contribution in [2.24, 2.45) is 5.73 Å². The van der Waals surface area contributed by atoms with Crippen LogP contribution in [0, 0.1) is 0 Å². The van der Waals surface area contributed by atoms with Gasteiger partial charge in [-0.25, -0.2) is 0 Å². The quantitative estimate of drug-likeness (QED) is 0.922. The van der Waals surface area contributed by atoms with Crippen molar-refractivity contribution in [1.29, 1.82) is 0 Å². The molecule has 0 unspecified atom stereocenters. The van der Waals surface area contributed by atoms with Crippen LogP contribution in [-0.2, 0) is 0 Å². The van der Waals surface area contributed by atoms with Gasteiger partial charge in [0.15, 0.2) is 0 Å². The number of nitrogens with two attached hydrogens (primary N) is 1. The molecule has 1 aromatic rings. The van der Waals surface area contributed by atoms with E-state index in [9.17, 15) is 13.2 Å². The Labute approximate surface area is 109 Å². The highest BCUT2D eigenvalue weighted by atomic mass is 35.5. The van der Waals surface area contributed by atoms with Gasteiger partial charge < -0.3 is 15.2 Å². The molecule has 0 aromatic heterocycles. The van der Waals surface area contributed by atoms with Crippen molar-refractivity contribution in [1.82, 2.24) is 0 Å². The van der Waals surface area contributed by atoms with Crippen LogP contribution in [0.4, 0.5) is 13.2 Å². The molecule has 0 amide bonds. The number of hydrogen-bond acceptors (Lipinski definition) is 3. The molecular weight excluding hydrogens is 271 g/mol. The maximum Gasteiger partial charge on any atom is 0.573 e. The van der Waals surface area contributed by atoms with Gasteiger partial charge in [-0.1, -0.05) is 13.0 Å². The van der Waals surface area contributed by atoms with E-state index in [-0.39, 0.29) is 24.2 Å². The van der Waals surface area contributed by atoms with E-state index in [1.165, 1.54) is 25.3 Å². The van der Waals surface area contributed by atoms with Crippen molar-refractivity contribution in [3.05, 3.63) is 23.8 Å². The normalized spacial score (nSPS) is 12.6. The van der Waals surface area contributed by atoms with Crippen molar-refractivity contribution in [3.8, 4) is 11.5 Å². The summed E-state index contributed by atoms with van der Waals surface area (Å²) in [4.78, 5) is 0. The minimum absolute atomic E-state index is 0. The zero-order chi connectivity index (χ0) is 13.1. The second kappa shape index (κ2) is 6.70. The Kier molecular flexibility index (Phi) is 6.28. The lowest BCUT2D eigenvalue weighted by atomic mass is 10.0. The molecule has 0 saturated carbocycles. The molecule has 1 rings (SSSR count). The molecule has 0 heterocycles. The molecule has 0 spiro atoms. The van der Waals surface area contributed by atoms with Crippen LogP contribution in [0.2, 0.25) is 0 Å². The number of benzene rings is 1. The average molecular weight is 286 g/mol. The fourth-order valence-electron chi connectivity index (χ4n) is 1.41. The lowest BCUT2D eigenvalue weighted by Gasteiger charge is -2.16. The summed E-state index contributed by atoms with van der Waals surface area (Å²) in [7, 11) is 1.37. The van der Waals surface area contributed by atoms with Crippen molar-refractivity contribution < 1.29 is 22.6 Å². The largest absolute Gasteiger partial charge is 0.573 e. The molecule has 0 aliphatic rings. The Hall–Kier alpha value is -1.14. The number of alkyl halides is 3. The molecule has 0 radical (unpaired) electrons. The van der Waals surface area contributed by atoms with Gasteiger partial charge in [0.1, 0.15) is 11.5 Å². The Morgan fingerprint density at radius 1 is 1.33 bits per heavy atom. The third-order valence-corrected chi connectivity index (χ3v) is 2.28. The molecule has 18 heavy (non-hydrogen) atoms. The van der Waals surface area contributed by atoms with Crippen LogP contribution in [0.25, 0.3) is 0 Å². The van der Waals surface area contributed by atoms with Crippen molar-refractivity contribution in [2.45, 2.75) is 25.7 Å². The van der Waals surface area contributed by atoms with Gasteiger partial charge in [0.25, 0.3) is 0 Å². The summed E-state index contributed by atoms with van der Waals surface area (Å²) in [6.07, 6.45) is -4.05. The average Bonchev–Trinajstić information content (AvgIpc) is 2.25. The number of hydrogen-bond donors (Lipinski definition) is 1. The summed E-state index contributed by atoms with van der Waals surface area (Å²) in [6.45, 7) is 1.88. The molecule has 2 N–H and O–H groups in total. The van der Waals surface area contributed by atoms with Gasteiger partial charge in [-0.3, -0.25) is 0 Å². The van der Waals surface area contributed by atoms with Crippen molar-refractivity contribution in [2.75, 3.05) is 7.11 Å². The summed E-state index contributed by atoms with van der Waals surface area (Å²) in [6, 6.07) is 3.61. The van der Waals surface area contributed by atoms with Crippen LogP contribution in [0.3, 0.4) is 0 Å². The molecule has 0 aliphatic heterocycles. The van der Waals surface area contributed by atoms with Crippen molar-refractivity contribution in [3.63, 3.8) is 0 Å². The number of halogens is 4. The summed E-state index contributed by atoms with van der Waals surface area (Å²) in [5.74, 6) is -0.0255. The molecule has 0 fully saturated rings. The van der Waals surface area contributed by atoms with E-state index < -0.39 is 6.36 Å². The number of ether oxygens (including phenoxy) is 2. The standard InChI is InChI=1S/C11H14F3NO2.ClH/c1-3-9(15)8-5-4-7(6-10(8)16-2)17-11(12,13)14;/h4-6,9H,3,15H2,1-2H3;1H/t9-;/m1./s1. The Morgan fingerprint density at radius 3 is 2.39 bits per heavy atom. The Morgan fingerprint density at radius 2 is 1.94 bits per heavy atom. The zero-order valence-electron chi connectivity index (χ0n) is 9.95. The molecule has 0 bridgehead atoms. The highest BCUT2D eigenvalue weighted by molar-refractivity contribution is 5.85. The first kappa shape index (κ1) is 16.9. The maximum atomic E-state index is 12.0. The van der Waals surface area contributed by atoms with E-state index in [0.717, 1.165) is 0 Å². The van der Waals surface area contributed by atoms with Gasteiger partial charge in [0, 0.05) is 17.7 Å². The first-order valence-corrected chi connectivity index (χ1v) is 5.06. The molecule has 104 valence electrons. The predicted molar refractivity (Wildman–Crippen MR) is 64.1 cm³/mol. The summed E-state index contributed by atoms with van der Waals surface area (Å²) < 4.78 is 44.8. The predicted octanol–water partition coefficient (Wildman–Crippen LogP) is 3.43. The summed E-state index contributed by atoms with van der Waals surface area (Å²) in [5.41, 5.74) is 6.46. The minimum Gasteiger partial charge on any atom is -0.496 e. The lowest BCUT2D eigenvalue weighted by Crippen LogP contribution is -2.17. The van der Waals surface area contributed by atoms with Crippen LogP contribution in [0.15, 0.2) is 18.2 Å². The van der Waals surface area contributed by atoms with Crippen LogP contribution < -0.4 is 15.2 Å². The fourth-order valence-corrected chi connectivity index (χ4v) is 1.41. The van der Waals surface area contributed by atoms with E-state index in [4.69, 9.17) is 10.5 Å². The van der Waals surface area contributed by atoms with E-state index in [1.54, 1.807) is 0 Å². The van der Waals surface area contributed by atoms with Crippen LogP contribution >= 0.6 is 12.4 Å². The van der Waals surface area contributed by atoms with E-state index in [2.05, 4.69) is 4.74 Å². The highest BCUT2D eigenvalue weighted by Gasteiger charge is 2.31. The third-order valence-electron chi connectivity index (χ3n) is 2.28. The maximum absolute atomic E-state index is 12.0. The first-order valence-electron chi connectivity index (χ1n) is 5.06. The molecule has 7 heteroatoms. The molecule has 1 aromatic carbocycles. The van der Waals surface area contributed by atoms with Gasteiger partial charge in [-0.15, -0.1) is 25.6 Å². The Bertz CT molecular complexity index is 385. The highest BCUT2D eigenvalue weighted by Crippen LogP contribution is 2.32. The van der Waals surface area contributed by atoms with E-state index >= 15 is 0 Å². The fraction of sp³-hybridized carbons (Fsp3) is 0.455. The smallest absolute Gasteiger partial charge is 0.496 e. The second-order valence-corrected chi connectivity index (χ2v) is 3.47. The molecule has 0 saturated heterocycles. The van der Waals surface area contributed by atoms with Gasteiger partial charge >= 0.3 is 6.36 Å². The minimum atomic E-state index is -4.71. The molecular formula is C11H15ClF3NO2. The summed E-state index contributed by atoms with van der Waals surface area (Å²) in [5, 5.41) is 0. The third kappa shape index (κ3) is 4.62. The summed E-state index contributed by atoms with van der Waals surface area (Å²) >= 11 is 0. The van der Waals surface area contributed by atoms with Crippen LogP contribution in [-0.4, -0.2) is 13.5 Å². The first-order chi connectivity index (χ1) is 7.87. The molecule has 0 aliphatic carbocycles. The van der Waals surface area contributed by atoms with E-state index in [1.807, 2.05) is 6.92 Å². The molecule has 1 atom stereocenters. The van der Waals surface area contributed by atoms with Crippen LogP contribution in [0.1, 0.15) is 24.9 Å². The second-order valence-electron chi connectivity index (χ2n) is 3.47. The lowest BCUT2D eigenvalue weighted by molar-refractivity contribution is -0.274. The Balaban J connectivity index is 0.00000289. The number of methoxy groups -OCH3 is 1. The van der Waals surface area contributed by atoms with Gasteiger partial charge in [0.2, 0.25) is 0 Å².